The Morgan fingerprint density at radius 3 is 2.57 bits per heavy atom. The van der Waals surface area contributed by atoms with Crippen LogP contribution in [0.3, 0.4) is 0 Å². The molecule has 2 aromatic rings. The number of ketones is 1. The summed E-state index contributed by atoms with van der Waals surface area (Å²) in [5.74, 6) is 5.85. The van der Waals surface area contributed by atoms with Gasteiger partial charge in [0, 0.05) is 27.2 Å². The van der Waals surface area contributed by atoms with Gasteiger partial charge in [-0.05, 0) is 66.1 Å². The van der Waals surface area contributed by atoms with E-state index in [2.05, 4.69) is 44.7 Å². The van der Waals surface area contributed by atoms with Crippen molar-refractivity contribution in [3.8, 4) is 11.8 Å². The van der Waals surface area contributed by atoms with Crippen molar-refractivity contribution in [2.45, 2.75) is 27.4 Å². The van der Waals surface area contributed by atoms with E-state index in [4.69, 9.17) is 9.68 Å². The van der Waals surface area contributed by atoms with Crippen LogP contribution in [-0.2, 0) is 21.1 Å². The number of halogens is 1. The SMILES string of the molecule is CO/N=C(/C(C)=O)c1cccc(C)c1CO/N=C(\C)C#Cc1cccc(I)c1. The number of hydrogen-bond donors (Lipinski definition) is 0. The second-order valence-electron chi connectivity index (χ2n) is 5.99. The summed E-state index contributed by atoms with van der Waals surface area (Å²) in [5.41, 5.74) is 4.21. The number of carbonyl (C=O) groups is 1. The van der Waals surface area contributed by atoms with Gasteiger partial charge in [0.2, 0.25) is 0 Å². The first-order valence-electron chi connectivity index (χ1n) is 8.57. The summed E-state index contributed by atoms with van der Waals surface area (Å²) in [6.45, 7) is 5.38. The Balaban J connectivity index is 2.18. The number of hydrogen-bond acceptors (Lipinski definition) is 5. The quantitative estimate of drug-likeness (QED) is 0.261. The minimum atomic E-state index is -0.184. The number of aryl methyl sites for hydroxylation is 1. The molecule has 0 amide bonds. The van der Waals surface area contributed by atoms with Gasteiger partial charge in [0.1, 0.15) is 19.4 Å². The molecule has 0 spiro atoms. The first-order chi connectivity index (χ1) is 13.4. The number of benzene rings is 2. The lowest BCUT2D eigenvalue weighted by Crippen LogP contribution is -2.15. The third-order valence-corrected chi connectivity index (χ3v) is 4.48. The highest BCUT2D eigenvalue weighted by Crippen LogP contribution is 2.17. The Kier molecular flexibility index (Phi) is 8.20. The summed E-state index contributed by atoms with van der Waals surface area (Å²) in [6, 6.07) is 13.5. The van der Waals surface area contributed by atoms with Crippen molar-refractivity contribution in [2.24, 2.45) is 10.3 Å². The topological polar surface area (TPSA) is 60.2 Å². The summed E-state index contributed by atoms with van der Waals surface area (Å²) in [7, 11) is 1.41. The molecule has 0 aromatic heterocycles. The van der Waals surface area contributed by atoms with E-state index in [1.807, 2.05) is 49.4 Å². The third kappa shape index (κ3) is 6.20. The van der Waals surface area contributed by atoms with Gasteiger partial charge < -0.3 is 9.68 Å². The number of rotatable bonds is 6. The number of Topliss-reactive ketones (excluding diaryl/α,β-unsaturated/α-hetero) is 1. The van der Waals surface area contributed by atoms with Crippen molar-refractivity contribution in [3.05, 3.63) is 68.3 Å². The summed E-state index contributed by atoms with van der Waals surface area (Å²) >= 11 is 2.25. The molecule has 2 aromatic carbocycles. The minimum absolute atomic E-state index is 0.184. The van der Waals surface area contributed by atoms with Gasteiger partial charge in [0.05, 0.1) is 0 Å². The minimum Gasteiger partial charge on any atom is -0.399 e. The fraction of sp³-hybridized carbons (Fsp3) is 0.227. The summed E-state index contributed by atoms with van der Waals surface area (Å²) in [4.78, 5) is 22.2. The van der Waals surface area contributed by atoms with Crippen LogP contribution in [0.4, 0.5) is 0 Å². The molecular formula is C22H21IN2O3. The summed E-state index contributed by atoms with van der Waals surface area (Å²) < 4.78 is 1.13. The van der Waals surface area contributed by atoms with Crippen LogP contribution in [0, 0.1) is 22.3 Å². The predicted octanol–water partition coefficient (Wildman–Crippen LogP) is 4.48. The first-order valence-corrected chi connectivity index (χ1v) is 9.65. The molecule has 28 heavy (non-hydrogen) atoms. The predicted molar refractivity (Wildman–Crippen MR) is 119 cm³/mol. The highest BCUT2D eigenvalue weighted by Gasteiger charge is 2.16. The Morgan fingerprint density at radius 1 is 1.14 bits per heavy atom. The molecule has 0 heterocycles. The van der Waals surface area contributed by atoms with Gasteiger partial charge in [-0.25, -0.2) is 0 Å². The fourth-order valence-electron chi connectivity index (χ4n) is 2.46. The van der Waals surface area contributed by atoms with E-state index in [0.29, 0.717) is 11.3 Å². The Bertz CT molecular complexity index is 985. The molecule has 0 saturated heterocycles. The molecule has 0 aliphatic rings. The van der Waals surface area contributed by atoms with E-state index in [1.54, 1.807) is 6.92 Å². The van der Waals surface area contributed by atoms with Crippen molar-refractivity contribution < 1.29 is 14.5 Å². The highest BCUT2D eigenvalue weighted by molar-refractivity contribution is 14.1. The van der Waals surface area contributed by atoms with Gasteiger partial charge >= 0.3 is 0 Å². The molecule has 0 unspecified atom stereocenters. The maximum atomic E-state index is 11.9. The summed E-state index contributed by atoms with van der Waals surface area (Å²) in [6.07, 6.45) is 0. The number of oxime groups is 2. The van der Waals surface area contributed by atoms with Gasteiger partial charge in [0.25, 0.3) is 0 Å². The Hall–Kier alpha value is -2.66. The zero-order chi connectivity index (χ0) is 20.5. The normalized spacial score (nSPS) is 11.5. The summed E-state index contributed by atoms with van der Waals surface area (Å²) in [5, 5.41) is 7.94. The average molecular weight is 488 g/mol. The van der Waals surface area contributed by atoms with E-state index in [-0.39, 0.29) is 18.1 Å². The van der Waals surface area contributed by atoms with Gasteiger partial charge in [0.15, 0.2) is 11.5 Å². The largest absolute Gasteiger partial charge is 0.399 e. The highest BCUT2D eigenvalue weighted by atomic mass is 127. The molecule has 0 N–H and O–H groups in total. The van der Waals surface area contributed by atoms with Crippen LogP contribution in [0.1, 0.15) is 36.1 Å². The van der Waals surface area contributed by atoms with Crippen molar-refractivity contribution in [3.63, 3.8) is 0 Å². The zero-order valence-electron chi connectivity index (χ0n) is 16.2. The second-order valence-corrected chi connectivity index (χ2v) is 7.24. The molecule has 2 rings (SSSR count). The molecule has 0 aliphatic heterocycles. The lowest BCUT2D eigenvalue weighted by atomic mass is 9.97. The van der Waals surface area contributed by atoms with Gasteiger partial charge in [-0.3, -0.25) is 4.79 Å². The molecule has 0 bridgehead atoms. The van der Waals surface area contributed by atoms with E-state index < -0.39 is 0 Å². The molecule has 5 nitrogen and oxygen atoms in total. The number of nitrogens with zero attached hydrogens (tertiary/aromatic N) is 2. The van der Waals surface area contributed by atoms with Crippen LogP contribution in [0.15, 0.2) is 52.8 Å². The maximum Gasteiger partial charge on any atom is 0.182 e. The van der Waals surface area contributed by atoms with Crippen molar-refractivity contribution in [2.75, 3.05) is 7.11 Å². The lowest BCUT2D eigenvalue weighted by molar-refractivity contribution is -0.111. The number of carbonyl (C=O) groups excluding carboxylic acids is 1. The van der Waals surface area contributed by atoms with Crippen LogP contribution in [0.5, 0.6) is 0 Å². The smallest absolute Gasteiger partial charge is 0.182 e. The molecule has 0 fully saturated rings. The van der Waals surface area contributed by atoms with Crippen LogP contribution >= 0.6 is 22.6 Å². The van der Waals surface area contributed by atoms with Gasteiger partial charge in [-0.2, -0.15) is 0 Å². The van der Waals surface area contributed by atoms with Crippen LogP contribution < -0.4 is 0 Å². The fourth-order valence-corrected chi connectivity index (χ4v) is 3.00. The van der Waals surface area contributed by atoms with E-state index >= 15 is 0 Å². The Morgan fingerprint density at radius 2 is 1.89 bits per heavy atom. The standard InChI is InChI=1S/C22H21IN2O3/c1-15-7-5-10-20(22(17(3)26)25-27-4)21(15)14-28-24-16(2)11-12-18-8-6-9-19(23)13-18/h5-10,13H,14H2,1-4H3/b24-16+,25-22-. The molecule has 0 aliphatic carbocycles. The lowest BCUT2D eigenvalue weighted by Gasteiger charge is -2.12. The zero-order valence-corrected chi connectivity index (χ0v) is 18.4. The maximum absolute atomic E-state index is 11.9. The van der Waals surface area contributed by atoms with Crippen LogP contribution in [0.2, 0.25) is 0 Å². The van der Waals surface area contributed by atoms with E-state index in [9.17, 15) is 4.79 Å². The molecule has 6 heteroatoms. The average Bonchev–Trinajstić information content (AvgIpc) is 2.65. The molecular weight excluding hydrogens is 467 g/mol. The van der Waals surface area contributed by atoms with E-state index in [0.717, 1.165) is 20.3 Å². The van der Waals surface area contributed by atoms with E-state index in [1.165, 1.54) is 14.0 Å². The van der Waals surface area contributed by atoms with Gasteiger partial charge in [-0.15, -0.1) is 0 Å². The van der Waals surface area contributed by atoms with Crippen molar-refractivity contribution >= 4 is 39.8 Å². The second kappa shape index (κ2) is 10.6. The molecule has 0 saturated carbocycles. The Labute approximate surface area is 178 Å². The van der Waals surface area contributed by atoms with Crippen LogP contribution in [0.25, 0.3) is 0 Å². The third-order valence-electron chi connectivity index (χ3n) is 3.80. The monoisotopic (exact) mass is 488 g/mol. The van der Waals surface area contributed by atoms with Crippen molar-refractivity contribution in [1.82, 2.24) is 0 Å². The molecule has 144 valence electrons. The first kappa shape index (κ1) is 21.6. The van der Waals surface area contributed by atoms with Crippen molar-refractivity contribution in [1.29, 1.82) is 0 Å². The van der Waals surface area contributed by atoms with Gasteiger partial charge in [-0.1, -0.05) is 40.5 Å². The molecule has 0 atom stereocenters. The van der Waals surface area contributed by atoms with Crippen LogP contribution in [-0.4, -0.2) is 24.3 Å². The molecule has 0 radical (unpaired) electrons.